The molecule has 0 N–H and O–H groups in total. The lowest BCUT2D eigenvalue weighted by atomic mass is 9.89. The average molecular weight is 311 g/mol. The Morgan fingerprint density at radius 3 is 2.57 bits per heavy atom. The molecule has 1 heterocycles. The van der Waals surface area contributed by atoms with E-state index < -0.39 is 11.9 Å². The zero-order chi connectivity index (χ0) is 16.2. The molecule has 2 aromatic rings. The molecule has 1 aromatic heterocycles. The third-order valence-electron chi connectivity index (χ3n) is 3.92. The van der Waals surface area contributed by atoms with E-state index in [1.165, 1.54) is 24.8 Å². The van der Waals surface area contributed by atoms with Gasteiger partial charge in [0.1, 0.15) is 17.5 Å². The van der Waals surface area contributed by atoms with Gasteiger partial charge in [-0.3, -0.25) is 0 Å². The number of aryl methyl sites for hydroxylation is 1. The van der Waals surface area contributed by atoms with Crippen LogP contribution in [0.3, 0.4) is 0 Å². The number of aromatic nitrogens is 1. The van der Waals surface area contributed by atoms with Crippen LogP contribution >= 0.6 is 0 Å². The zero-order valence-electron chi connectivity index (χ0n) is 12.8. The van der Waals surface area contributed by atoms with Crippen LogP contribution in [0.2, 0.25) is 0 Å². The molecule has 1 aromatic carbocycles. The molecule has 118 valence electrons. The van der Waals surface area contributed by atoms with Crippen molar-refractivity contribution in [2.45, 2.75) is 25.4 Å². The van der Waals surface area contributed by atoms with Crippen LogP contribution in [0.1, 0.15) is 51.0 Å². The zero-order valence-corrected chi connectivity index (χ0v) is 12.8. The molecule has 5 nitrogen and oxygen atoms in total. The number of carbonyl (C=O) groups excluding carboxylic acids is 2. The van der Waals surface area contributed by atoms with Crippen molar-refractivity contribution in [1.82, 2.24) is 4.98 Å². The Balaban J connectivity index is 1.79. The lowest BCUT2D eigenvalue weighted by molar-refractivity contribution is 0.0249. The molecule has 5 heteroatoms. The molecule has 0 saturated heterocycles. The lowest BCUT2D eigenvalue weighted by Gasteiger charge is -2.25. The van der Waals surface area contributed by atoms with Crippen LogP contribution in [0, 0.1) is 0 Å². The summed E-state index contributed by atoms with van der Waals surface area (Å²) >= 11 is 0. The minimum Gasteiger partial charge on any atom is -0.464 e. The first-order chi connectivity index (χ1) is 11.2. The van der Waals surface area contributed by atoms with Gasteiger partial charge in [-0.1, -0.05) is 30.3 Å². The van der Waals surface area contributed by atoms with Gasteiger partial charge in [-0.25, -0.2) is 14.6 Å². The molecular weight excluding hydrogens is 294 g/mol. The minimum absolute atomic E-state index is 0.0889. The molecule has 0 amide bonds. The van der Waals surface area contributed by atoms with E-state index in [-0.39, 0.29) is 17.5 Å². The standard InChI is InChI=1S/C18H17NO4/c1-22-17(20)14-9-5-10-15(19-14)18(21)23-16-11-4-7-12-6-2-3-8-13(12)16/h2-3,5-6,8-10,16H,4,7,11H2,1H3. The summed E-state index contributed by atoms with van der Waals surface area (Å²) in [7, 11) is 1.27. The molecule has 23 heavy (non-hydrogen) atoms. The normalized spacial score (nSPS) is 16.3. The molecule has 0 aliphatic heterocycles. The summed E-state index contributed by atoms with van der Waals surface area (Å²) in [4.78, 5) is 27.9. The maximum Gasteiger partial charge on any atom is 0.357 e. The van der Waals surface area contributed by atoms with Crippen molar-refractivity contribution < 1.29 is 19.1 Å². The Labute approximate surface area is 134 Å². The van der Waals surface area contributed by atoms with Crippen LogP contribution < -0.4 is 0 Å². The van der Waals surface area contributed by atoms with Crippen molar-refractivity contribution in [3.05, 3.63) is 65.0 Å². The number of hydrogen-bond acceptors (Lipinski definition) is 5. The van der Waals surface area contributed by atoms with Crippen molar-refractivity contribution in [2.75, 3.05) is 7.11 Å². The molecule has 0 spiro atoms. The third kappa shape index (κ3) is 3.23. The Morgan fingerprint density at radius 1 is 1.04 bits per heavy atom. The van der Waals surface area contributed by atoms with Gasteiger partial charge in [-0.2, -0.15) is 0 Å². The molecular formula is C18H17NO4. The van der Waals surface area contributed by atoms with E-state index in [1.54, 1.807) is 6.07 Å². The molecule has 1 unspecified atom stereocenters. The predicted molar refractivity (Wildman–Crippen MR) is 83.1 cm³/mol. The van der Waals surface area contributed by atoms with E-state index in [9.17, 15) is 9.59 Å². The monoisotopic (exact) mass is 311 g/mol. The first kappa shape index (κ1) is 15.2. The Morgan fingerprint density at radius 2 is 1.78 bits per heavy atom. The number of esters is 2. The van der Waals surface area contributed by atoms with E-state index in [0.717, 1.165) is 24.8 Å². The van der Waals surface area contributed by atoms with Gasteiger partial charge in [0.15, 0.2) is 0 Å². The summed E-state index contributed by atoms with van der Waals surface area (Å²) in [6, 6.07) is 12.6. The number of methoxy groups -OCH3 is 1. The van der Waals surface area contributed by atoms with Crippen LogP contribution in [0.25, 0.3) is 0 Å². The van der Waals surface area contributed by atoms with Gasteiger partial charge in [0.25, 0.3) is 0 Å². The fraction of sp³-hybridized carbons (Fsp3) is 0.278. The molecule has 0 bridgehead atoms. The van der Waals surface area contributed by atoms with Gasteiger partial charge < -0.3 is 9.47 Å². The van der Waals surface area contributed by atoms with Gasteiger partial charge in [0.05, 0.1) is 7.11 Å². The largest absolute Gasteiger partial charge is 0.464 e. The number of fused-ring (bicyclic) bond motifs is 1. The quantitative estimate of drug-likeness (QED) is 0.815. The Bertz CT molecular complexity index is 741. The SMILES string of the molecule is COC(=O)c1cccc(C(=O)OC2CCCc3ccccc32)n1. The van der Waals surface area contributed by atoms with E-state index in [2.05, 4.69) is 15.8 Å². The fourth-order valence-corrected chi connectivity index (χ4v) is 2.79. The lowest BCUT2D eigenvalue weighted by Crippen LogP contribution is -2.18. The second kappa shape index (κ2) is 6.60. The van der Waals surface area contributed by atoms with Crippen molar-refractivity contribution >= 4 is 11.9 Å². The highest BCUT2D eigenvalue weighted by molar-refractivity contribution is 5.91. The van der Waals surface area contributed by atoms with Crippen molar-refractivity contribution in [3.63, 3.8) is 0 Å². The van der Waals surface area contributed by atoms with E-state index in [1.807, 2.05) is 18.2 Å². The van der Waals surface area contributed by atoms with Crippen LogP contribution in [-0.2, 0) is 15.9 Å². The first-order valence-electron chi connectivity index (χ1n) is 7.53. The summed E-state index contributed by atoms with van der Waals surface area (Å²) in [5, 5.41) is 0. The van der Waals surface area contributed by atoms with Gasteiger partial charge in [0, 0.05) is 0 Å². The summed E-state index contributed by atoms with van der Waals surface area (Å²) < 4.78 is 10.2. The molecule has 0 radical (unpaired) electrons. The Hall–Kier alpha value is -2.69. The van der Waals surface area contributed by atoms with Crippen molar-refractivity contribution in [1.29, 1.82) is 0 Å². The second-order valence-corrected chi connectivity index (χ2v) is 5.38. The number of hydrogen-bond donors (Lipinski definition) is 0. The molecule has 3 rings (SSSR count). The van der Waals surface area contributed by atoms with Gasteiger partial charge in [0.2, 0.25) is 0 Å². The van der Waals surface area contributed by atoms with Crippen molar-refractivity contribution in [2.24, 2.45) is 0 Å². The Kier molecular flexibility index (Phi) is 4.37. The molecule has 1 aliphatic carbocycles. The number of benzene rings is 1. The molecule has 0 saturated carbocycles. The van der Waals surface area contributed by atoms with E-state index >= 15 is 0 Å². The summed E-state index contributed by atoms with van der Waals surface area (Å²) in [5.41, 5.74) is 2.46. The van der Waals surface area contributed by atoms with Crippen LogP contribution in [-0.4, -0.2) is 24.0 Å². The second-order valence-electron chi connectivity index (χ2n) is 5.38. The summed E-state index contributed by atoms with van der Waals surface area (Å²) in [6.07, 6.45) is 2.50. The number of rotatable bonds is 3. The number of ether oxygens (including phenoxy) is 2. The first-order valence-corrected chi connectivity index (χ1v) is 7.53. The fourth-order valence-electron chi connectivity index (χ4n) is 2.79. The third-order valence-corrected chi connectivity index (χ3v) is 3.92. The topological polar surface area (TPSA) is 65.5 Å². The molecule has 1 aliphatic rings. The number of pyridine rings is 1. The number of nitrogens with zero attached hydrogens (tertiary/aromatic N) is 1. The molecule has 1 atom stereocenters. The van der Waals surface area contributed by atoms with Gasteiger partial charge in [-0.05, 0) is 42.5 Å². The maximum atomic E-state index is 12.3. The van der Waals surface area contributed by atoms with Crippen molar-refractivity contribution in [3.8, 4) is 0 Å². The predicted octanol–water partition coefficient (Wildman–Crippen LogP) is 3.10. The van der Waals surface area contributed by atoms with Gasteiger partial charge in [-0.15, -0.1) is 0 Å². The smallest absolute Gasteiger partial charge is 0.357 e. The van der Waals surface area contributed by atoms with Gasteiger partial charge >= 0.3 is 11.9 Å². The van der Waals surface area contributed by atoms with E-state index in [0.29, 0.717) is 0 Å². The summed E-state index contributed by atoms with van der Waals surface area (Å²) in [6.45, 7) is 0. The molecule has 0 fully saturated rings. The van der Waals surface area contributed by atoms with Crippen LogP contribution in [0.5, 0.6) is 0 Å². The maximum absolute atomic E-state index is 12.3. The number of carbonyl (C=O) groups is 2. The summed E-state index contributed by atoms with van der Waals surface area (Å²) in [5.74, 6) is -1.11. The van der Waals surface area contributed by atoms with Crippen LogP contribution in [0.4, 0.5) is 0 Å². The minimum atomic E-state index is -0.581. The van der Waals surface area contributed by atoms with E-state index in [4.69, 9.17) is 4.74 Å². The average Bonchev–Trinajstić information content (AvgIpc) is 2.61. The highest BCUT2D eigenvalue weighted by atomic mass is 16.5. The highest BCUT2D eigenvalue weighted by Crippen LogP contribution is 2.32. The van der Waals surface area contributed by atoms with Crippen LogP contribution in [0.15, 0.2) is 42.5 Å². The highest BCUT2D eigenvalue weighted by Gasteiger charge is 2.24.